The number of allylic oxidation sites excluding steroid dienone is 1. The molecule has 0 saturated heterocycles. The lowest BCUT2D eigenvalue weighted by Gasteiger charge is -2.00. The van der Waals surface area contributed by atoms with Crippen LogP contribution in [0.25, 0.3) is 10.9 Å². The van der Waals surface area contributed by atoms with Gasteiger partial charge in [-0.15, -0.1) is 0 Å². The summed E-state index contributed by atoms with van der Waals surface area (Å²) in [5.41, 5.74) is 2.66. The monoisotopic (exact) mass is 225 g/mol. The minimum Gasteiger partial charge on any atom is -0.344 e. The van der Waals surface area contributed by atoms with Crippen molar-refractivity contribution in [2.24, 2.45) is 0 Å². The smallest absolute Gasteiger partial charge is 0.0499 e. The van der Waals surface area contributed by atoms with Crippen LogP contribution in [0.1, 0.15) is 0 Å². The highest BCUT2D eigenvalue weighted by Crippen LogP contribution is 2.24. The molecule has 0 fully saturated rings. The van der Waals surface area contributed by atoms with Crippen LogP contribution < -0.4 is 0 Å². The molecule has 1 nitrogen and oxygen atoms in total. The summed E-state index contributed by atoms with van der Waals surface area (Å²) in [6.45, 7) is 0.771. The van der Waals surface area contributed by atoms with Crippen molar-refractivity contribution in [3.05, 3.63) is 47.1 Å². The Morgan fingerprint density at radius 2 is 2.14 bits per heavy atom. The molecule has 0 bridgehead atoms. The maximum absolute atomic E-state index is 6.05. The molecule has 0 amide bonds. The highest BCUT2D eigenvalue weighted by molar-refractivity contribution is 6.35. The third-order valence-electron chi connectivity index (χ3n) is 2.15. The zero-order valence-electron chi connectivity index (χ0n) is 7.45. The number of benzene rings is 1. The quantitative estimate of drug-likeness (QED) is 0.727. The Hall–Kier alpha value is -0.920. The first-order valence-electron chi connectivity index (χ1n) is 4.31. The minimum atomic E-state index is 0.771. The molecule has 72 valence electrons. The number of aromatic nitrogens is 1. The number of fused-ring (bicyclic) bond motifs is 1. The molecule has 0 aliphatic carbocycles. The second kappa shape index (κ2) is 4.07. The van der Waals surface area contributed by atoms with Gasteiger partial charge < -0.3 is 4.57 Å². The zero-order valence-corrected chi connectivity index (χ0v) is 8.96. The average Bonchev–Trinajstić information content (AvgIpc) is 2.60. The highest BCUT2D eigenvalue weighted by Gasteiger charge is 2.01. The van der Waals surface area contributed by atoms with Gasteiger partial charge in [-0.1, -0.05) is 35.3 Å². The summed E-state index contributed by atoms with van der Waals surface area (Å²) in [6.07, 6.45) is 3.90. The first-order valence-corrected chi connectivity index (χ1v) is 5.13. The topological polar surface area (TPSA) is 4.93 Å². The van der Waals surface area contributed by atoms with Gasteiger partial charge >= 0.3 is 0 Å². The van der Waals surface area contributed by atoms with Crippen LogP contribution in [-0.2, 0) is 6.54 Å². The average molecular weight is 226 g/mol. The Kier molecular flexibility index (Phi) is 2.80. The number of nitrogens with zero attached hydrogens (tertiary/aromatic N) is 1. The van der Waals surface area contributed by atoms with E-state index in [1.54, 1.807) is 0 Å². The van der Waals surface area contributed by atoms with E-state index >= 15 is 0 Å². The maximum atomic E-state index is 6.05. The summed E-state index contributed by atoms with van der Waals surface area (Å²) in [4.78, 5) is 0. The maximum Gasteiger partial charge on any atom is 0.0499 e. The molecule has 2 rings (SSSR count). The van der Waals surface area contributed by atoms with E-state index in [2.05, 4.69) is 4.57 Å². The second-order valence-corrected chi connectivity index (χ2v) is 3.66. The van der Waals surface area contributed by atoms with E-state index in [1.807, 2.05) is 36.5 Å². The van der Waals surface area contributed by atoms with Crippen molar-refractivity contribution in [1.82, 2.24) is 4.57 Å². The predicted molar refractivity (Wildman–Crippen MR) is 61.9 cm³/mol. The van der Waals surface area contributed by atoms with Crippen LogP contribution in [-0.4, -0.2) is 4.57 Å². The predicted octanol–water partition coefficient (Wildman–Crippen LogP) is 4.05. The Labute approximate surface area is 92.5 Å². The summed E-state index contributed by atoms with van der Waals surface area (Å²) in [6, 6.07) is 7.90. The molecular weight excluding hydrogens is 217 g/mol. The van der Waals surface area contributed by atoms with Gasteiger partial charge in [-0.3, -0.25) is 0 Å². The van der Waals surface area contributed by atoms with Gasteiger partial charge in [0, 0.05) is 34.2 Å². The van der Waals surface area contributed by atoms with Gasteiger partial charge in [0.25, 0.3) is 0 Å². The first kappa shape index (κ1) is 9.63. The molecule has 0 saturated carbocycles. The van der Waals surface area contributed by atoms with Gasteiger partial charge in [-0.2, -0.15) is 0 Å². The molecule has 0 spiro atoms. The van der Waals surface area contributed by atoms with Crippen LogP contribution in [0.4, 0.5) is 0 Å². The van der Waals surface area contributed by atoms with Crippen LogP contribution in [0.2, 0.25) is 5.02 Å². The molecule has 3 heteroatoms. The van der Waals surface area contributed by atoms with E-state index in [9.17, 15) is 0 Å². The van der Waals surface area contributed by atoms with Crippen molar-refractivity contribution >= 4 is 34.1 Å². The SMILES string of the molecule is Cl/C=C/Cn1ccc2c(Cl)cccc21. The number of halogens is 2. The van der Waals surface area contributed by atoms with Crippen molar-refractivity contribution in [2.75, 3.05) is 0 Å². The lowest BCUT2D eigenvalue weighted by Crippen LogP contribution is -1.91. The molecular formula is C11H9Cl2N. The van der Waals surface area contributed by atoms with E-state index in [1.165, 1.54) is 5.54 Å². The lowest BCUT2D eigenvalue weighted by molar-refractivity contribution is 0.865. The molecule has 0 aliphatic heterocycles. The van der Waals surface area contributed by atoms with Crippen molar-refractivity contribution in [3.8, 4) is 0 Å². The minimum absolute atomic E-state index is 0.771. The van der Waals surface area contributed by atoms with Gasteiger partial charge in [0.1, 0.15) is 0 Å². The fourth-order valence-corrected chi connectivity index (χ4v) is 1.81. The van der Waals surface area contributed by atoms with Crippen molar-refractivity contribution in [2.45, 2.75) is 6.54 Å². The van der Waals surface area contributed by atoms with E-state index in [4.69, 9.17) is 23.2 Å². The van der Waals surface area contributed by atoms with Crippen molar-refractivity contribution in [3.63, 3.8) is 0 Å². The number of hydrogen-bond donors (Lipinski definition) is 0. The summed E-state index contributed by atoms with van der Waals surface area (Å²) >= 11 is 11.5. The molecule has 1 heterocycles. The first-order chi connectivity index (χ1) is 6.83. The molecule has 1 aromatic carbocycles. The molecule has 0 unspecified atom stereocenters. The Morgan fingerprint density at radius 1 is 1.29 bits per heavy atom. The third-order valence-corrected chi connectivity index (χ3v) is 2.66. The number of rotatable bonds is 2. The van der Waals surface area contributed by atoms with Gasteiger partial charge in [-0.25, -0.2) is 0 Å². The molecule has 2 aromatic rings. The van der Waals surface area contributed by atoms with Crippen LogP contribution in [0.15, 0.2) is 42.1 Å². The lowest BCUT2D eigenvalue weighted by atomic mass is 10.2. The summed E-state index contributed by atoms with van der Waals surface area (Å²) in [5.74, 6) is 0. The van der Waals surface area contributed by atoms with Gasteiger partial charge in [0.05, 0.1) is 0 Å². The van der Waals surface area contributed by atoms with Crippen molar-refractivity contribution < 1.29 is 0 Å². The largest absolute Gasteiger partial charge is 0.344 e. The molecule has 0 aliphatic rings. The van der Waals surface area contributed by atoms with Gasteiger partial charge in [0.2, 0.25) is 0 Å². The van der Waals surface area contributed by atoms with E-state index in [0.29, 0.717) is 0 Å². The van der Waals surface area contributed by atoms with E-state index in [0.717, 1.165) is 22.5 Å². The number of hydrogen-bond acceptors (Lipinski definition) is 0. The standard InChI is InChI=1S/C11H9Cl2N/c12-6-2-7-14-8-5-9-10(13)3-1-4-11(9)14/h1-6,8H,7H2/b6-2+. The summed E-state index contributed by atoms with van der Waals surface area (Å²) in [5, 5.41) is 1.87. The van der Waals surface area contributed by atoms with Gasteiger partial charge in [-0.05, 0) is 18.2 Å². The molecule has 14 heavy (non-hydrogen) atoms. The van der Waals surface area contributed by atoms with E-state index in [-0.39, 0.29) is 0 Å². The fourth-order valence-electron chi connectivity index (χ4n) is 1.50. The summed E-state index contributed by atoms with van der Waals surface area (Å²) < 4.78 is 2.10. The van der Waals surface area contributed by atoms with E-state index < -0.39 is 0 Å². The van der Waals surface area contributed by atoms with Crippen LogP contribution >= 0.6 is 23.2 Å². The van der Waals surface area contributed by atoms with Crippen LogP contribution in [0, 0.1) is 0 Å². The van der Waals surface area contributed by atoms with Crippen LogP contribution in [0.3, 0.4) is 0 Å². The molecule has 0 N–H and O–H groups in total. The molecule has 0 radical (unpaired) electrons. The Balaban J connectivity index is 2.52. The van der Waals surface area contributed by atoms with Crippen molar-refractivity contribution in [1.29, 1.82) is 0 Å². The molecule has 1 aromatic heterocycles. The second-order valence-electron chi connectivity index (χ2n) is 3.00. The Bertz CT molecular complexity index is 471. The fraction of sp³-hybridized carbons (Fsp3) is 0.0909. The molecule has 0 atom stereocenters. The normalized spacial score (nSPS) is 11.6. The summed E-state index contributed by atoms with van der Waals surface area (Å²) in [7, 11) is 0. The highest BCUT2D eigenvalue weighted by atomic mass is 35.5. The van der Waals surface area contributed by atoms with Crippen LogP contribution in [0.5, 0.6) is 0 Å². The Morgan fingerprint density at radius 3 is 2.93 bits per heavy atom. The van der Waals surface area contributed by atoms with Gasteiger partial charge in [0.15, 0.2) is 0 Å². The third kappa shape index (κ3) is 1.66. The zero-order chi connectivity index (χ0) is 9.97.